The monoisotopic (exact) mass is 394 g/mol. The van der Waals surface area contributed by atoms with Gasteiger partial charge >= 0.3 is 0 Å². The van der Waals surface area contributed by atoms with Crippen molar-refractivity contribution >= 4 is 34.3 Å². The molecule has 2 heterocycles. The molecular weight excluding hydrogens is 372 g/mol. The minimum absolute atomic E-state index is 0.0797. The Labute approximate surface area is 168 Å². The number of nitrogens with zero attached hydrogens (tertiary/aromatic N) is 1. The van der Waals surface area contributed by atoms with Gasteiger partial charge in [-0.25, -0.2) is 4.98 Å². The van der Waals surface area contributed by atoms with Crippen LogP contribution in [-0.4, -0.2) is 29.9 Å². The fourth-order valence-electron chi connectivity index (χ4n) is 3.21. The highest BCUT2D eigenvalue weighted by Crippen LogP contribution is 2.33. The van der Waals surface area contributed by atoms with Gasteiger partial charge in [0.25, 0.3) is 0 Å². The zero-order chi connectivity index (χ0) is 19.7. The number of benzene rings is 2. The zero-order valence-electron chi connectivity index (χ0n) is 16.2. The highest BCUT2D eigenvalue weighted by atomic mass is 32.2. The van der Waals surface area contributed by atoms with Crippen LogP contribution in [0.25, 0.3) is 10.9 Å². The average Bonchev–Trinajstić information content (AvgIpc) is 2.69. The van der Waals surface area contributed by atoms with Crippen molar-refractivity contribution in [1.29, 1.82) is 0 Å². The van der Waals surface area contributed by atoms with Crippen molar-refractivity contribution in [3.8, 4) is 11.5 Å². The van der Waals surface area contributed by atoms with E-state index in [-0.39, 0.29) is 5.91 Å². The minimum atomic E-state index is -0.0797. The molecule has 4 rings (SSSR count). The van der Waals surface area contributed by atoms with Gasteiger partial charge in [0.15, 0.2) is 11.5 Å². The van der Waals surface area contributed by atoms with Crippen LogP contribution in [0, 0.1) is 20.8 Å². The van der Waals surface area contributed by atoms with E-state index in [2.05, 4.69) is 37.4 Å². The molecule has 0 saturated carbocycles. The van der Waals surface area contributed by atoms with Crippen LogP contribution in [0.3, 0.4) is 0 Å². The topological polar surface area (TPSA) is 60.5 Å². The van der Waals surface area contributed by atoms with E-state index in [4.69, 9.17) is 14.5 Å². The van der Waals surface area contributed by atoms with Crippen LogP contribution in [0.15, 0.2) is 41.4 Å². The molecule has 0 bridgehead atoms. The molecule has 1 aromatic heterocycles. The second-order valence-electron chi connectivity index (χ2n) is 6.90. The second kappa shape index (κ2) is 7.72. The highest BCUT2D eigenvalue weighted by molar-refractivity contribution is 8.00. The number of thioether (sulfide) groups is 1. The Kier molecular flexibility index (Phi) is 5.13. The number of amides is 1. The number of nitrogens with one attached hydrogen (secondary N) is 1. The summed E-state index contributed by atoms with van der Waals surface area (Å²) in [6.07, 6.45) is 0. The molecule has 1 amide bonds. The van der Waals surface area contributed by atoms with Crippen LogP contribution >= 0.6 is 11.8 Å². The molecule has 0 atom stereocenters. The summed E-state index contributed by atoms with van der Waals surface area (Å²) in [4.78, 5) is 17.2. The summed E-state index contributed by atoms with van der Waals surface area (Å²) in [5.41, 5.74) is 5.13. The van der Waals surface area contributed by atoms with Crippen molar-refractivity contribution in [2.45, 2.75) is 25.8 Å². The third-order valence-corrected chi connectivity index (χ3v) is 5.81. The molecule has 2 aromatic carbocycles. The Hall–Kier alpha value is -2.73. The van der Waals surface area contributed by atoms with Crippen LogP contribution in [0.2, 0.25) is 0 Å². The number of rotatable bonds is 4. The first-order valence-corrected chi connectivity index (χ1v) is 10.2. The normalized spacial score (nSPS) is 12.8. The van der Waals surface area contributed by atoms with Crippen LogP contribution in [0.4, 0.5) is 5.69 Å². The summed E-state index contributed by atoms with van der Waals surface area (Å²) in [5.74, 6) is 1.58. The molecule has 0 unspecified atom stereocenters. The van der Waals surface area contributed by atoms with Gasteiger partial charge in [-0.1, -0.05) is 23.9 Å². The van der Waals surface area contributed by atoms with E-state index >= 15 is 0 Å². The molecule has 6 heteroatoms. The van der Waals surface area contributed by atoms with Gasteiger partial charge in [-0.15, -0.1) is 0 Å². The van der Waals surface area contributed by atoms with Gasteiger partial charge in [0.05, 0.1) is 11.3 Å². The number of aryl methyl sites for hydroxylation is 3. The van der Waals surface area contributed by atoms with Crippen molar-refractivity contribution in [3.63, 3.8) is 0 Å². The second-order valence-corrected chi connectivity index (χ2v) is 7.87. The third kappa shape index (κ3) is 3.78. The third-order valence-electron chi connectivity index (χ3n) is 4.71. The highest BCUT2D eigenvalue weighted by Gasteiger charge is 2.14. The zero-order valence-corrected chi connectivity index (χ0v) is 17.0. The number of carbonyl (C=O) groups is 1. The van der Waals surface area contributed by atoms with Gasteiger partial charge in [0.2, 0.25) is 5.91 Å². The van der Waals surface area contributed by atoms with E-state index in [1.807, 2.05) is 19.1 Å². The predicted octanol–water partition coefficient (Wildman–Crippen LogP) is 4.66. The molecule has 0 fully saturated rings. The van der Waals surface area contributed by atoms with Crippen molar-refractivity contribution in [2.24, 2.45) is 0 Å². The Balaban J connectivity index is 1.46. The first-order chi connectivity index (χ1) is 13.5. The molecule has 144 valence electrons. The van der Waals surface area contributed by atoms with Crippen molar-refractivity contribution in [1.82, 2.24) is 4.98 Å². The molecule has 1 N–H and O–H groups in total. The summed E-state index contributed by atoms with van der Waals surface area (Å²) < 4.78 is 11.1. The SMILES string of the molecule is Cc1cc2c(C)ccc(C)c2nc1SCC(=O)Nc1ccc2c(c1)OCCO2. The van der Waals surface area contributed by atoms with Gasteiger partial charge in [0.1, 0.15) is 18.2 Å². The summed E-state index contributed by atoms with van der Waals surface area (Å²) >= 11 is 1.45. The fourth-order valence-corrected chi connectivity index (χ4v) is 4.00. The summed E-state index contributed by atoms with van der Waals surface area (Å²) in [6, 6.07) is 11.8. The first kappa shape index (κ1) is 18.6. The van der Waals surface area contributed by atoms with Crippen molar-refractivity contribution < 1.29 is 14.3 Å². The lowest BCUT2D eigenvalue weighted by Crippen LogP contribution is -2.17. The van der Waals surface area contributed by atoms with E-state index in [9.17, 15) is 4.79 Å². The number of ether oxygens (including phenoxy) is 2. The molecule has 0 aliphatic carbocycles. The molecule has 1 aliphatic heterocycles. The van der Waals surface area contributed by atoms with Gasteiger partial charge in [-0.3, -0.25) is 4.79 Å². The molecule has 3 aromatic rings. The fraction of sp³-hybridized carbons (Fsp3) is 0.273. The molecule has 1 aliphatic rings. The van der Waals surface area contributed by atoms with Crippen LogP contribution in [0.5, 0.6) is 11.5 Å². The molecule has 0 spiro atoms. The maximum absolute atomic E-state index is 12.4. The molecule has 0 radical (unpaired) electrons. The van der Waals surface area contributed by atoms with Gasteiger partial charge < -0.3 is 14.8 Å². The van der Waals surface area contributed by atoms with Crippen LogP contribution < -0.4 is 14.8 Å². The Morgan fingerprint density at radius 3 is 2.57 bits per heavy atom. The Bertz CT molecular complexity index is 1070. The Morgan fingerprint density at radius 1 is 1.00 bits per heavy atom. The van der Waals surface area contributed by atoms with E-state index in [0.29, 0.717) is 36.2 Å². The number of hydrogen-bond donors (Lipinski definition) is 1. The van der Waals surface area contributed by atoms with E-state index < -0.39 is 0 Å². The number of carbonyl (C=O) groups excluding carboxylic acids is 1. The quantitative estimate of drug-likeness (QED) is 0.652. The first-order valence-electron chi connectivity index (χ1n) is 9.21. The molecule has 28 heavy (non-hydrogen) atoms. The number of fused-ring (bicyclic) bond motifs is 2. The van der Waals surface area contributed by atoms with Gasteiger partial charge in [-0.05, 0) is 55.7 Å². The number of pyridine rings is 1. The van der Waals surface area contributed by atoms with Crippen LogP contribution in [0.1, 0.15) is 16.7 Å². The molecule has 0 saturated heterocycles. The minimum Gasteiger partial charge on any atom is -0.486 e. The largest absolute Gasteiger partial charge is 0.486 e. The lowest BCUT2D eigenvalue weighted by atomic mass is 10.0. The van der Waals surface area contributed by atoms with E-state index in [1.54, 1.807) is 6.07 Å². The lowest BCUT2D eigenvalue weighted by molar-refractivity contribution is -0.113. The van der Waals surface area contributed by atoms with Crippen molar-refractivity contribution in [3.05, 3.63) is 53.1 Å². The Morgan fingerprint density at radius 2 is 1.75 bits per heavy atom. The lowest BCUT2D eigenvalue weighted by Gasteiger charge is -2.19. The molecular formula is C22H22N2O3S. The number of hydrogen-bond acceptors (Lipinski definition) is 5. The standard InChI is InChI=1S/C22H22N2O3S/c1-13-4-5-14(2)21-17(13)10-15(3)22(24-21)28-12-20(25)23-16-6-7-18-19(11-16)27-9-8-26-18/h4-7,10-11H,8-9,12H2,1-3H3,(H,23,25). The van der Waals surface area contributed by atoms with Crippen LogP contribution in [-0.2, 0) is 4.79 Å². The predicted molar refractivity (Wildman–Crippen MR) is 113 cm³/mol. The maximum atomic E-state index is 12.4. The average molecular weight is 394 g/mol. The number of aromatic nitrogens is 1. The summed E-state index contributed by atoms with van der Waals surface area (Å²) in [6.45, 7) is 7.26. The summed E-state index contributed by atoms with van der Waals surface area (Å²) in [5, 5.41) is 4.97. The maximum Gasteiger partial charge on any atom is 0.234 e. The van der Waals surface area contributed by atoms with E-state index in [1.165, 1.54) is 22.7 Å². The van der Waals surface area contributed by atoms with Gasteiger partial charge in [0, 0.05) is 17.1 Å². The van der Waals surface area contributed by atoms with E-state index in [0.717, 1.165) is 21.7 Å². The van der Waals surface area contributed by atoms with Crippen molar-refractivity contribution in [2.75, 3.05) is 24.3 Å². The summed E-state index contributed by atoms with van der Waals surface area (Å²) in [7, 11) is 0. The molecule has 5 nitrogen and oxygen atoms in total. The van der Waals surface area contributed by atoms with Gasteiger partial charge in [-0.2, -0.15) is 0 Å². The smallest absolute Gasteiger partial charge is 0.234 e. The number of anilines is 1.